The lowest BCUT2D eigenvalue weighted by Gasteiger charge is -2.27. The molecule has 1 aliphatic heterocycles. The van der Waals surface area contributed by atoms with Crippen molar-refractivity contribution in [3.8, 4) is 11.6 Å². The van der Waals surface area contributed by atoms with Crippen LogP contribution in [0.15, 0.2) is 42.6 Å². The highest BCUT2D eigenvalue weighted by Gasteiger charge is 2.22. The quantitative estimate of drug-likeness (QED) is 0.683. The van der Waals surface area contributed by atoms with E-state index in [9.17, 15) is 9.59 Å². The molecule has 1 aromatic carbocycles. The van der Waals surface area contributed by atoms with Gasteiger partial charge in [-0.1, -0.05) is 13.0 Å². The summed E-state index contributed by atoms with van der Waals surface area (Å²) < 4.78 is 5.64. The summed E-state index contributed by atoms with van der Waals surface area (Å²) in [7, 11) is 0. The van der Waals surface area contributed by atoms with E-state index in [2.05, 4.69) is 22.5 Å². The lowest BCUT2D eigenvalue weighted by Crippen LogP contribution is -2.32. The Bertz CT molecular complexity index is 817. The van der Waals surface area contributed by atoms with Gasteiger partial charge in [-0.15, -0.1) is 0 Å². The fraction of sp³-hybridized carbons (Fsp3) is 0.381. The molecule has 1 fully saturated rings. The predicted molar refractivity (Wildman–Crippen MR) is 107 cm³/mol. The molecule has 1 saturated heterocycles. The maximum atomic E-state index is 12.3. The molecule has 7 heteroatoms. The van der Waals surface area contributed by atoms with E-state index in [1.165, 1.54) is 0 Å². The average molecular weight is 382 g/mol. The van der Waals surface area contributed by atoms with Crippen LogP contribution >= 0.6 is 0 Å². The summed E-state index contributed by atoms with van der Waals surface area (Å²) in [6.07, 6.45) is 4.31. The number of nitrogens with two attached hydrogens (primary N) is 1. The smallest absolute Gasteiger partial charge is 0.248 e. The summed E-state index contributed by atoms with van der Waals surface area (Å²) in [6, 6.07) is 9.99. The fourth-order valence-corrected chi connectivity index (χ4v) is 3.43. The Morgan fingerprint density at radius 3 is 2.75 bits per heavy atom. The van der Waals surface area contributed by atoms with E-state index in [-0.39, 0.29) is 5.91 Å². The van der Waals surface area contributed by atoms with Crippen molar-refractivity contribution >= 4 is 17.5 Å². The first-order valence-electron chi connectivity index (χ1n) is 9.55. The van der Waals surface area contributed by atoms with Gasteiger partial charge in [0, 0.05) is 18.1 Å². The van der Waals surface area contributed by atoms with E-state index in [1.54, 1.807) is 42.6 Å². The second-order valence-electron chi connectivity index (χ2n) is 7.20. The minimum atomic E-state index is -0.518. The fourth-order valence-electron chi connectivity index (χ4n) is 3.43. The minimum absolute atomic E-state index is 0.00402. The molecular formula is C21H26N4O3. The first-order chi connectivity index (χ1) is 13.5. The summed E-state index contributed by atoms with van der Waals surface area (Å²) in [5.74, 6) is 1.26. The first-order valence-corrected chi connectivity index (χ1v) is 9.55. The minimum Gasteiger partial charge on any atom is -0.439 e. The Balaban J connectivity index is 1.53. The van der Waals surface area contributed by atoms with Gasteiger partial charge in [0.1, 0.15) is 5.75 Å². The van der Waals surface area contributed by atoms with Crippen LogP contribution in [0, 0.1) is 11.8 Å². The zero-order valence-corrected chi connectivity index (χ0v) is 16.0. The zero-order valence-electron chi connectivity index (χ0n) is 16.0. The van der Waals surface area contributed by atoms with Gasteiger partial charge in [-0.2, -0.15) is 0 Å². The van der Waals surface area contributed by atoms with E-state index in [1.807, 2.05) is 0 Å². The van der Waals surface area contributed by atoms with Gasteiger partial charge in [-0.05, 0) is 62.0 Å². The molecule has 0 bridgehead atoms. The number of hydrogen-bond donors (Lipinski definition) is 3. The molecule has 0 spiro atoms. The van der Waals surface area contributed by atoms with Crippen LogP contribution in [0.3, 0.4) is 0 Å². The monoisotopic (exact) mass is 382 g/mol. The van der Waals surface area contributed by atoms with Crippen LogP contribution in [0.25, 0.3) is 0 Å². The second-order valence-corrected chi connectivity index (χ2v) is 7.20. The molecule has 2 amide bonds. The van der Waals surface area contributed by atoms with Gasteiger partial charge in [-0.3, -0.25) is 9.59 Å². The highest BCUT2D eigenvalue weighted by Crippen LogP contribution is 2.25. The van der Waals surface area contributed by atoms with Crippen molar-refractivity contribution in [2.45, 2.75) is 26.2 Å². The number of aromatic nitrogens is 1. The number of ether oxygens (including phenoxy) is 1. The van der Waals surface area contributed by atoms with E-state index < -0.39 is 5.91 Å². The third-order valence-electron chi connectivity index (χ3n) is 5.06. The lowest BCUT2D eigenvalue weighted by molar-refractivity contribution is -0.117. The van der Waals surface area contributed by atoms with Gasteiger partial charge in [0.2, 0.25) is 17.7 Å². The number of nitrogens with zero attached hydrogens (tertiary/aromatic N) is 1. The highest BCUT2D eigenvalue weighted by molar-refractivity contribution is 5.93. The van der Waals surface area contributed by atoms with Gasteiger partial charge < -0.3 is 21.1 Å². The number of rotatable bonds is 7. The number of nitrogens with one attached hydrogen (secondary N) is 2. The number of carbonyl (C=O) groups excluding carboxylic acids is 2. The van der Waals surface area contributed by atoms with E-state index in [0.29, 0.717) is 41.1 Å². The molecule has 2 heterocycles. The van der Waals surface area contributed by atoms with Crippen molar-refractivity contribution < 1.29 is 14.3 Å². The molecule has 28 heavy (non-hydrogen) atoms. The molecule has 0 saturated carbocycles. The predicted octanol–water partition coefficient (Wildman–Crippen LogP) is 2.94. The molecule has 1 atom stereocenters. The first kappa shape index (κ1) is 19.8. The maximum Gasteiger partial charge on any atom is 0.248 e. The molecule has 0 aliphatic carbocycles. The molecule has 2 aromatic rings. The maximum absolute atomic E-state index is 12.3. The van der Waals surface area contributed by atoms with Crippen molar-refractivity contribution in [1.82, 2.24) is 10.3 Å². The molecule has 148 valence electrons. The number of benzene rings is 1. The van der Waals surface area contributed by atoms with Crippen LogP contribution in [0.2, 0.25) is 0 Å². The Kier molecular flexibility index (Phi) is 6.60. The van der Waals surface area contributed by atoms with Gasteiger partial charge in [0.25, 0.3) is 0 Å². The van der Waals surface area contributed by atoms with Crippen molar-refractivity contribution in [3.63, 3.8) is 0 Å². The lowest BCUT2D eigenvalue weighted by atomic mass is 9.84. The SMILES string of the molecule is CC(CC(=O)Nc1ccc(Oc2cccc(C(N)=O)c2)nc1)C1CCNCC1. The number of carbonyl (C=O) groups is 2. The second kappa shape index (κ2) is 9.32. The summed E-state index contributed by atoms with van der Waals surface area (Å²) in [6.45, 7) is 4.21. The molecule has 1 aliphatic rings. The third-order valence-corrected chi connectivity index (χ3v) is 5.06. The Morgan fingerprint density at radius 1 is 1.29 bits per heavy atom. The van der Waals surface area contributed by atoms with Crippen LogP contribution in [-0.2, 0) is 4.79 Å². The Hall–Kier alpha value is -2.93. The number of anilines is 1. The number of amides is 2. The van der Waals surface area contributed by atoms with Crippen LogP contribution in [0.5, 0.6) is 11.6 Å². The topological polar surface area (TPSA) is 106 Å². The number of primary amides is 1. The molecule has 3 rings (SSSR count). The van der Waals surface area contributed by atoms with Crippen molar-refractivity contribution in [2.24, 2.45) is 17.6 Å². The average Bonchev–Trinajstić information content (AvgIpc) is 2.70. The van der Waals surface area contributed by atoms with Crippen molar-refractivity contribution in [1.29, 1.82) is 0 Å². The van der Waals surface area contributed by atoms with Crippen LogP contribution in [-0.4, -0.2) is 29.9 Å². The van der Waals surface area contributed by atoms with E-state index >= 15 is 0 Å². The van der Waals surface area contributed by atoms with Crippen molar-refractivity contribution in [2.75, 3.05) is 18.4 Å². The molecule has 4 N–H and O–H groups in total. The third kappa shape index (κ3) is 5.53. The zero-order chi connectivity index (χ0) is 19.9. The number of hydrogen-bond acceptors (Lipinski definition) is 5. The van der Waals surface area contributed by atoms with Gasteiger partial charge >= 0.3 is 0 Å². The Morgan fingerprint density at radius 2 is 2.07 bits per heavy atom. The molecule has 7 nitrogen and oxygen atoms in total. The molecular weight excluding hydrogens is 356 g/mol. The van der Waals surface area contributed by atoms with E-state index in [0.717, 1.165) is 25.9 Å². The van der Waals surface area contributed by atoms with E-state index in [4.69, 9.17) is 10.5 Å². The Labute approximate surface area is 164 Å². The number of pyridine rings is 1. The normalized spacial score (nSPS) is 15.6. The molecule has 1 aromatic heterocycles. The molecule has 0 radical (unpaired) electrons. The van der Waals surface area contributed by atoms with Crippen LogP contribution in [0.4, 0.5) is 5.69 Å². The van der Waals surface area contributed by atoms with Crippen LogP contribution < -0.4 is 21.1 Å². The largest absolute Gasteiger partial charge is 0.439 e. The van der Waals surface area contributed by atoms with Gasteiger partial charge in [0.15, 0.2) is 0 Å². The summed E-state index contributed by atoms with van der Waals surface area (Å²) in [4.78, 5) is 27.8. The number of piperidine rings is 1. The van der Waals surface area contributed by atoms with Crippen molar-refractivity contribution in [3.05, 3.63) is 48.2 Å². The summed E-state index contributed by atoms with van der Waals surface area (Å²) in [5, 5.41) is 6.24. The molecule has 1 unspecified atom stereocenters. The van der Waals surface area contributed by atoms with Gasteiger partial charge in [-0.25, -0.2) is 4.98 Å². The van der Waals surface area contributed by atoms with Gasteiger partial charge in [0.05, 0.1) is 11.9 Å². The summed E-state index contributed by atoms with van der Waals surface area (Å²) >= 11 is 0. The van der Waals surface area contributed by atoms with Crippen LogP contribution in [0.1, 0.15) is 36.5 Å². The standard InChI is InChI=1S/C21H26N4O3/c1-14(15-7-9-23-10-8-15)11-19(26)25-17-5-6-20(24-13-17)28-18-4-2-3-16(12-18)21(22)27/h2-6,12-15,23H,7-11H2,1H3,(H2,22,27)(H,25,26). The summed E-state index contributed by atoms with van der Waals surface area (Å²) in [5.41, 5.74) is 6.26. The highest BCUT2D eigenvalue weighted by atomic mass is 16.5.